The summed E-state index contributed by atoms with van der Waals surface area (Å²) < 4.78 is 5.17. The number of dihydropyridines is 1. The lowest BCUT2D eigenvalue weighted by Gasteiger charge is -2.12. The van der Waals surface area contributed by atoms with Crippen LogP contribution >= 0.6 is 11.6 Å². The highest BCUT2D eigenvalue weighted by molar-refractivity contribution is 6.31. The molecule has 1 aliphatic rings. The summed E-state index contributed by atoms with van der Waals surface area (Å²) in [4.78, 5) is 11.7. The van der Waals surface area contributed by atoms with Gasteiger partial charge in [-0.2, -0.15) is 0 Å². The molecule has 0 saturated heterocycles. The van der Waals surface area contributed by atoms with Gasteiger partial charge in [0.05, 0.1) is 5.57 Å². The minimum absolute atomic E-state index is 0.251. The fourth-order valence-electron chi connectivity index (χ4n) is 1.45. The average Bonchev–Trinajstić information content (AvgIpc) is 2.38. The Labute approximate surface area is 105 Å². The predicted molar refractivity (Wildman–Crippen MR) is 66.3 cm³/mol. The zero-order chi connectivity index (χ0) is 12.1. The summed E-state index contributed by atoms with van der Waals surface area (Å²) in [5, 5.41) is 3.21. The zero-order valence-electron chi connectivity index (χ0n) is 9.15. The van der Waals surface area contributed by atoms with Gasteiger partial charge in [-0.05, 0) is 11.6 Å². The number of halogens is 1. The van der Waals surface area contributed by atoms with Gasteiger partial charge in [0, 0.05) is 6.54 Å². The van der Waals surface area contributed by atoms with Crippen molar-refractivity contribution >= 4 is 17.6 Å². The van der Waals surface area contributed by atoms with E-state index in [0.717, 1.165) is 5.56 Å². The molecule has 1 aromatic carbocycles. The van der Waals surface area contributed by atoms with Crippen LogP contribution in [0.1, 0.15) is 5.56 Å². The van der Waals surface area contributed by atoms with Crippen molar-refractivity contribution in [2.75, 3.05) is 6.54 Å². The van der Waals surface area contributed by atoms with Crippen molar-refractivity contribution in [3.05, 3.63) is 58.8 Å². The number of carbonyl (C=O) groups is 1. The molecule has 88 valence electrons. The minimum Gasteiger partial charge on any atom is -0.457 e. The molecule has 0 spiro atoms. The van der Waals surface area contributed by atoms with Crippen molar-refractivity contribution in [2.45, 2.75) is 6.61 Å². The van der Waals surface area contributed by atoms with Crippen LogP contribution in [0.25, 0.3) is 0 Å². The lowest BCUT2D eigenvalue weighted by molar-refractivity contribution is -0.139. The van der Waals surface area contributed by atoms with Gasteiger partial charge in [-0.15, -0.1) is 0 Å². The number of ether oxygens (including phenoxy) is 1. The third-order valence-electron chi connectivity index (χ3n) is 2.33. The molecule has 0 radical (unpaired) electrons. The van der Waals surface area contributed by atoms with E-state index >= 15 is 0 Å². The summed E-state index contributed by atoms with van der Waals surface area (Å²) in [6, 6.07) is 9.52. The van der Waals surface area contributed by atoms with Crippen molar-refractivity contribution in [3.63, 3.8) is 0 Å². The normalized spacial score (nSPS) is 14.4. The fraction of sp³-hybridized carbons (Fsp3) is 0.154. The van der Waals surface area contributed by atoms with E-state index in [9.17, 15) is 4.79 Å². The largest absolute Gasteiger partial charge is 0.457 e. The molecule has 1 aliphatic heterocycles. The maximum Gasteiger partial charge on any atom is 0.341 e. The number of esters is 1. The van der Waals surface area contributed by atoms with Crippen LogP contribution in [-0.4, -0.2) is 12.5 Å². The molecule has 0 unspecified atom stereocenters. The van der Waals surface area contributed by atoms with Crippen molar-refractivity contribution in [1.29, 1.82) is 0 Å². The SMILES string of the molecule is O=C(OCc1ccccc1)C1=C(Cl)NCC=C1. The summed E-state index contributed by atoms with van der Waals surface area (Å²) in [6.45, 7) is 0.884. The molecule has 0 saturated carbocycles. The monoisotopic (exact) mass is 249 g/mol. The van der Waals surface area contributed by atoms with Crippen LogP contribution in [0.2, 0.25) is 0 Å². The van der Waals surface area contributed by atoms with E-state index in [-0.39, 0.29) is 6.61 Å². The predicted octanol–water partition coefficient (Wildman–Crippen LogP) is 2.34. The van der Waals surface area contributed by atoms with E-state index in [1.54, 1.807) is 6.08 Å². The third kappa shape index (κ3) is 3.11. The Kier molecular flexibility index (Phi) is 3.83. The van der Waals surface area contributed by atoms with Crippen molar-refractivity contribution in [3.8, 4) is 0 Å². The molecule has 2 rings (SSSR count). The van der Waals surface area contributed by atoms with Crippen LogP contribution < -0.4 is 5.32 Å². The molecule has 0 amide bonds. The molecular weight excluding hydrogens is 238 g/mol. The van der Waals surface area contributed by atoms with E-state index in [4.69, 9.17) is 16.3 Å². The van der Waals surface area contributed by atoms with Crippen LogP contribution in [0.5, 0.6) is 0 Å². The molecule has 17 heavy (non-hydrogen) atoms. The second-order valence-corrected chi connectivity index (χ2v) is 3.95. The zero-order valence-corrected chi connectivity index (χ0v) is 9.91. The molecule has 0 atom stereocenters. The molecule has 1 N–H and O–H groups in total. The van der Waals surface area contributed by atoms with Crippen molar-refractivity contribution in [2.24, 2.45) is 0 Å². The van der Waals surface area contributed by atoms with Gasteiger partial charge in [0.25, 0.3) is 0 Å². The second kappa shape index (κ2) is 5.55. The maximum absolute atomic E-state index is 11.7. The molecule has 0 bridgehead atoms. The van der Waals surface area contributed by atoms with Gasteiger partial charge in [0.2, 0.25) is 0 Å². The first-order chi connectivity index (χ1) is 8.27. The van der Waals surface area contributed by atoms with Gasteiger partial charge < -0.3 is 10.1 Å². The Balaban J connectivity index is 1.96. The lowest BCUT2D eigenvalue weighted by atomic mass is 10.2. The van der Waals surface area contributed by atoms with Gasteiger partial charge in [0.15, 0.2) is 0 Å². The Bertz CT molecular complexity index is 466. The van der Waals surface area contributed by atoms with E-state index < -0.39 is 5.97 Å². The standard InChI is InChI=1S/C13H12ClNO2/c14-12-11(7-4-8-15-12)13(16)17-9-10-5-2-1-3-6-10/h1-7,15H,8-9H2. The van der Waals surface area contributed by atoms with E-state index in [0.29, 0.717) is 17.3 Å². The van der Waals surface area contributed by atoms with Gasteiger partial charge in [-0.1, -0.05) is 48.0 Å². The van der Waals surface area contributed by atoms with E-state index in [2.05, 4.69) is 5.32 Å². The van der Waals surface area contributed by atoms with Gasteiger partial charge >= 0.3 is 5.97 Å². The number of hydrogen-bond donors (Lipinski definition) is 1. The topological polar surface area (TPSA) is 38.3 Å². The first-order valence-electron chi connectivity index (χ1n) is 5.28. The Morgan fingerprint density at radius 2 is 2.12 bits per heavy atom. The molecular formula is C13H12ClNO2. The van der Waals surface area contributed by atoms with E-state index in [1.165, 1.54) is 0 Å². The highest BCUT2D eigenvalue weighted by Gasteiger charge is 2.15. The quantitative estimate of drug-likeness (QED) is 0.660. The minimum atomic E-state index is -0.415. The number of rotatable bonds is 3. The maximum atomic E-state index is 11.7. The smallest absolute Gasteiger partial charge is 0.341 e. The molecule has 1 heterocycles. The highest BCUT2D eigenvalue weighted by atomic mass is 35.5. The average molecular weight is 250 g/mol. The van der Waals surface area contributed by atoms with Crippen LogP contribution in [0.3, 0.4) is 0 Å². The van der Waals surface area contributed by atoms with E-state index in [1.807, 2.05) is 36.4 Å². The van der Waals surface area contributed by atoms with Crippen molar-refractivity contribution < 1.29 is 9.53 Å². The third-order valence-corrected chi connectivity index (χ3v) is 2.67. The van der Waals surface area contributed by atoms with Gasteiger partial charge in [-0.25, -0.2) is 4.79 Å². The number of nitrogens with one attached hydrogen (secondary N) is 1. The summed E-state index contributed by atoms with van der Waals surface area (Å²) >= 11 is 5.88. The summed E-state index contributed by atoms with van der Waals surface area (Å²) in [7, 11) is 0. The summed E-state index contributed by atoms with van der Waals surface area (Å²) in [6.07, 6.45) is 3.50. The summed E-state index contributed by atoms with van der Waals surface area (Å²) in [5.74, 6) is -0.415. The second-order valence-electron chi connectivity index (χ2n) is 3.57. The van der Waals surface area contributed by atoms with Crippen LogP contribution in [0.4, 0.5) is 0 Å². The van der Waals surface area contributed by atoms with Crippen LogP contribution in [0.15, 0.2) is 53.2 Å². The molecule has 4 heteroatoms. The van der Waals surface area contributed by atoms with Crippen LogP contribution in [-0.2, 0) is 16.1 Å². The lowest BCUT2D eigenvalue weighted by Crippen LogP contribution is -2.19. The van der Waals surface area contributed by atoms with Gasteiger partial charge in [-0.3, -0.25) is 0 Å². The molecule has 0 aromatic heterocycles. The molecule has 3 nitrogen and oxygen atoms in total. The van der Waals surface area contributed by atoms with Crippen LogP contribution in [0, 0.1) is 0 Å². The summed E-state index contributed by atoms with van der Waals surface area (Å²) in [5.41, 5.74) is 1.32. The first-order valence-corrected chi connectivity index (χ1v) is 5.66. The molecule has 0 aliphatic carbocycles. The van der Waals surface area contributed by atoms with Gasteiger partial charge in [0.1, 0.15) is 11.8 Å². The Morgan fingerprint density at radius 1 is 1.35 bits per heavy atom. The number of carbonyl (C=O) groups excluding carboxylic acids is 1. The Hall–Kier alpha value is -1.74. The number of hydrogen-bond acceptors (Lipinski definition) is 3. The Morgan fingerprint density at radius 3 is 2.82 bits per heavy atom. The fourth-order valence-corrected chi connectivity index (χ4v) is 1.67. The highest BCUT2D eigenvalue weighted by Crippen LogP contribution is 2.14. The first kappa shape index (κ1) is 11.7. The molecule has 0 fully saturated rings. The number of benzene rings is 1. The molecule has 1 aromatic rings. The van der Waals surface area contributed by atoms with Crippen molar-refractivity contribution in [1.82, 2.24) is 5.32 Å².